The summed E-state index contributed by atoms with van der Waals surface area (Å²) in [7, 11) is 1.95. The lowest BCUT2D eigenvalue weighted by Crippen LogP contribution is -2.13. The summed E-state index contributed by atoms with van der Waals surface area (Å²) in [5, 5.41) is 8.96. The van der Waals surface area contributed by atoms with E-state index in [4.69, 9.17) is 0 Å². The zero-order valence-electron chi connectivity index (χ0n) is 13.2. The van der Waals surface area contributed by atoms with Crippen LogP contribution >= 0.6 is 0 Å². The zero-order valence-corrected chi connectivity index (χ0v) is 13.2. The van der Waals surface area contributed by atoms with Gasteiger partial charge in [-0.3, -0.25) is 4.68 Å². The summed E-state index contributed by atoms with van der Waals surface area (Å²) in [4.78, 5) is 3.24. The maximum atomic E-state index is 13.2. The van der Waals surface area contributed by atoms with Crippen LogP contribution in [0.1, 0.15) is 36.7 Å². The molecule has 0 atom stereocenters. The van der Waals surface area contributed by atoms with Gasteiger partial charge >= 0.3 is 0 Å². The first-order valence-corrected chi connectivity index (χ1v) is 7.53. The normalized spacial score (nSPS) is 11.7. The first-order valence-electron chi connectivity index (χ1n) is 7.53. The topological polar surface area (TPSA) is 45.6 Å². The number of fused-ring (bicyclic) bond motifs is 1. The fraction of sp³-hybridized carbons (Fsp3) is 0.353. The number of rotatable bonds is 5. The van der Waals surface area contributed by atoms with Crippen LogP contribution in [0.4, 0.5) is 4.39 Å². The molecule has 2 heterocycles. The van der Waals surface area contributed by atoms with Crippen molar-refractivity contribution in [2.45, 2.75) is 32.9 Å². The van der Waals surface area contributed by atoms with Crippen LogP contribution < -0.4 is 5.32 Å². The van der Waals surface area contributed by atoms with E-state index in [0.717, 1.165) is 28.8 Å². The van der Waals surface area contributed by atoms with Crippen molar-refractivity contribution in [3.63, 3.8) is 0 Å². The summed E-state index contributed by atoms with van der Waals surface area (Å²) in [6, 6.07) is 6.85. The second-order valence-electron chi connectivity index (χ2n) is 6.00. The van der Waals surface area contributed by atoms with E-state index >= 15 is 0 Å². The highest BCUT2D eigenvalue weighted by Crippen LogP contribution is 2.18. The van der Waals surface area contributed by atoms with Gasteiger partial charge in [0.25, 0.3) is 0 Å². The van der Waals surface area contributed by atoms with Crippen LogP contribution in [-0.4, -0.2) is 14.8 Å². The van der Waals surface area contributed by atoms with E-state index in [0.29, 0.717) is 12.5 Å². The van der Waals surface area contributed by atoms with Gasteiger partial charge in [-0.25, -0.2) is 4.39 Å². The molecule has 2 N–H and O–H groups in total. The van der Waals surface area contributed by atoms with E-state index in [2.05, 4.69) is 35.4 Å². The van der Waals surface area contributed by atoms with Gasteiger partial charge in [0.1, 0.15) is 5.82 Å². The Kier molecular flexibility index (Phi) is 3.98. The van der Waals surface area contributed by atoms with Crippen LogP contribution in [0, 0.1) is 5.82 Å². The number of aromatic nitrogens is 3. The van der Waals surface area contributed by atoms with Crippen LogP contribution in [-0.2, 0) is 20.1 Å². The Labute approximate surface area is 129 Å². The van der Waals surface area contributed by atoms with E-state index in [1.54, 1.807) is 6.07 Å². The van der Waals surface area contributed by atoms with E-state index < -0.39 is 0 Å². The maximum Gasteiger partial charge on any atom is 0.125 e. The highest BCUT2D eigenvalue weighted by molar-refractivity contribution is 5.80. The molecule has 2 aromatic heterocycles. The van der Waals surface area contributed by atoms with Gasteiger partial charge in [-0.1, -0.05) is 13.8 Å². The molecule has 116 valence electrons. The third-order valence-corrected chi connectivity index (χ3v) is 3.76. The molecule has 4 nitrogen and oxygen atoms in total. The molecule has 0 fully saturated rings. The monoisotopic (exact) mass is 300 g/mol. The lowest BCUT2D eigenvalue weighted by atomic mass is 10.1. The quantitative estimate of drug-likeness (QED) is 0.758. The molecule has 0 unspecified atom stereocenters. The Hall–Kier alpha value is -2.14. The Bertz CT molecular complexity index is 785. The van der Waals surface area contributed by atoms with Gasteiger partial charge < -0.3 is 10.3 Å². The van der Waals surface area contributed by atoms with Gasteiger partial charge in [0.2, 0.25) is 0 Å². The Balaban J connectivity index is 1.67. The molecule has 0 bridgehead atoms. The number of nitrogens with one attached hydrogen (secondary N) is 2. The number of nitrogens with zero attached hydrogens (tertiary/aromatic N) is 2. The molecule has 0 aliphatic carbocycles. The van der Waals surface area contributed by atoms with Gasteiger partial charge in [0.05, 0.1) is 5.69 Å². The van der Waals surface area contributed by atoms with Gasteiger partial charge in [0.15, 0.2) is 0 Å². The van der Waals surface area contributed by atoms with E-state index in [-0.39, 0.29) is 5.82 Å². The molecule has 1 aromatic carbocycles. The number of hydrogen-bond donors (Lipinski definition) is 2. The standard InChI is InChI=1S/C17H21FN4/c1-11(2)17-13(10-22(3)21-17)8-19-9-15-6-12-4-5-14(18)7-16(12)20-15/h4-7,10-11,19-20H,8-9H2,1-3H3. The fourth-order valence-corrected chi connectivity index (χ4v) is 2.76. The van der Waals surface area contributed by atoms with Crippen LogP contribution in [0.3, 0.4) is 0 Å². The summed E-state index contributed by atoms with van der Waals surface area (Å²) in [6.45, 7) is 5.78. The van der Waals surface area contributed by atoms with Gasteiger partial charge in [-0.05, 0) is 35.6 Å². The smallest absolute Gasteiger partial charge is 0.125 e. The molecule has 0 aliphatic rings. The molecular formula is C17H21FN4. The number of aromatic amines is 1. The van der Waals surface area contributed by atoms with E-state index in [1.165, 1.54) is 17.7 Å². The Morgan fingerprint density at radius 1 is 1.27 bits per heavy atom. The van der Waals surface area contributed by atoms with Crippen molar-refractivity contribution in [1.82, 2.24) is 20.1 Å². The molecule has 0 spiro atoms. The van der Waals surface area contributed by atoms with Gasteiger partial charge in [-0.15, -0.1) is 0 Å². The number of hydrogen-bond acceptors (Lipinski definition) is 2. The molecule has 0 aliphatic heterocycles. The van der Waals surface area contributed by atoms with Crippen molar-refractivity contribution >= 4 is 10.9 Å². The van der Waals surface area contributed by atoms with Crippen molar-refractivity contribution in [2.24, 2.45) is 7.05 Å². The average molecular weight is 300 g/mol. The van der Waals surface area contributed by atoms with E-state index in [9.17, 15) is 4.39 Å². The lowest BCUT2D eigenvalue weighted by molar-refractivity contribution is 0.629. The summed E-state index contributed by atoms with van der Waals surface area (Å²) >= 11 is 0. The van der Waals surface area contributed by atoms with Crippen molar-refractivity contribution < 1.29 is 4.39 Å². The third kappa shape index (κ3) is 3.04. The van der Waals surface area contributed by atoms with E-state index in [1.807, 2.05) is 17.8 Å². The molecular weight excluding hydrogens is 279 g/mol. The fourth-order valence-electron chi connectivity index (χ4n) is 2.76. The second kappa shape index (κ2) is 5.93. The molecule has 22 heavy (non-hydrogen) atoms. The third-order valence-electron chi connectivity index (χ3n) is 3.76. The first-order chi connectivity index (χ1) is 10.5. The SMILES string of the molecule is CC(C)c1nn(C)cc1CNCc1cc2ccc(F)cc2[nH]1. The molecule has 0 saturated heterocycles. The van der Waals surface area contributed by atoms with Crippen LogP contribution in [0.15, 0.2) is 30.5 Å². The molecule has 0 amide bonds. The number of aryl methyl sites for hydroxylation is 1. The lowest BCUT2D eigenvalue weighted by Gasteiger charge is -2.06. The predicted octanol–water partition coefficient (Wildman–Crippen LogP) is 3.45. The molecule has 3 aromatic rings. The largest absolute Gasteiger partial charge is 0.357 e. The minimum absolute atomic E-state index is 0.217. The van der Waals surface area contributed by atoms with Crippen molar-refractivity contribution in [3.8, 4) is 0 Å². The van der Waals surface area contributed by atoms with Crippen molar-refractivity contribution in [2.75, 3.05) is 0 Å². The van der Waals surface area contributed by atoms with Gasteiger partial charge in [0, 0.05) is 43.1 Å². The second-order valence-corrected chi connectivity index (χ2v) is 6.00. The Morgan fingerprint density at radius 2 is 2.09 bits per heavy atom. The van der Waals surface area contributed by atoms with Gasteiger partial charge in [-0.2, -0.15) is 5.10 Å². The average Bonchev–Trinajstić information content (AvgIpc) is 3.01. The summed E-state index contributed by atoms with van der Waals surface area (Å²) < 4.78 is 15.1. The number of benzene rings is 1. The van der Waals surface area contributed by atoms with Crippen molar-refractivity contribution in [1.29, 1.82) is 0 Å². The molecule has 3 rings (SSSR count). The minimum atomic E-state index is -0.217. The zero-order chi connectivity index (χ0) is 15.7. The maximum absolute atomic E-state index is 13.2. The van der Waals surface area contributed by atoms with Crippen LogP contribution in [0.2, 0.25) is 0 Å². The summed E-state index contributed by atoms with van der Waals surface area (Å²) in [5.41, 5.74) is 4.24. The summed E-state index contributed by atoms with van der Waals surface area (Å²) in [5.74, 6) is 0.194. The Morgan fingerprint density at radius 3 is 2.86 bits per heavy atom. The first kappa shape index (κ1) is 14.8. The molecule has 0 radical (unpaired) electrons. The van der Waals surface area contributed by atoms with Crippen LogP contribution in [0.5, 0.6) is 0 Å². The number of halogens is 1. The minimum Gasteiger partial charge on any atom is -0.357 e. The molecule has 5 heteroatoms. The predicted molar refractivity (Wildman–Crippen MR) is 86.1 cm³/mol. The highest BCUT2D eigenvalue weighted by atomic mass is 19.1. The molecule has 0 saturated carbocycles. The highest BCUT2D eigenvalue weighted by Gasteiger charge is 2.11. The van der Waals surface area contributed by atoms with Crippen LogP contribution in [0.25, 0.3) is 10.9 Å². The summed E-state index contributed by atoms with van der Waals surface area (Å²) in [6.07, 6.45) is 2.06. The number of H-pyrrole nitrogens is 1. The van der Waals surface area contributed by atoms with Crippen molar-refractivity contribution in [3.05, 3.63) is 53.2 Å².